The van der Waals surface area contributed by atoms with Crippen LogP contribution in [0.5, 0.6) is 0 Å². The number of oxazole rings is 1. The second kappa shape index (κ2) is 7.03. The maximum Gasteiger partial charge on any atom is 0.255 e. The lowest BCUT2D eigenvalue weighted by atomic mass is 10.1. The fraction of sp³-hybridized carbons (Fsp3) is 0.316. The lowest BCUT2D eigenvalue weighted by Crippen LogP contribution is -2.37. The Labute approximate surface area is 150 Å². The molecule has 3 aromatic rings. The van der Waals surface area contributed by atoms with E-state index in [9.17, 15) is 9.59 Å². The Hall–Kier alpha value is -3.09. The molecule has 4 rings (SSSR count). The highest BCUT2D eigenvalue weighted by molar-refractivity contribution is 5.94. The molecule has 1 aliphatic rings. The molecular weight excluding hydrogens is 332 g/mol. The van der Waals surface area contributed by atoms with E-state index in [0.29, 0.717) is 43.7 Å². The SMILES string of the molecule is O=C(Cc1ccc2ncoc2c1)N1CCCN(C(=O)c2cc[nH]c2)CC1. The number of amides is 2. The average Bonchev–Trinajstić information content (AvgIpc) is 3.28. The highest BCUT2D eigenvalue weighted by Crippen LogP contribution is 2.16. The summed E-state index contributed by atoms with van der Waals surface area (Å²) in [5.41, 5.74) is 3.04. The summed E-state index contributed by atoms with van der Waals surface area (Å²) < 4.78 is 5.30. The first-order valence-corrected chi connectivity index (χ1v) is 8.73. The largest absolute Gasteiger partial charge is 0.443 e. The van der Waals surface area contributed by atoms with Crippen molar-refractivity contribution in [3.8, 4) is 0 Å². The monoisotopic (exact) mass is 352 g/mol. The summed E-state index contributed by atoms with van der Waals surface area (Å²) in [6.45, 7) is 2.44. The van der Waals surface area contributed by atoms with E-state index in [1.165, 1.54) is 6.39 Å². The van der Waals surface area contributed by atoms with Crippen LogP contribution >= 0.6 is 0 Å². The van der Waals surface area contributed by atoms with Crippen LogP contribution < -0.4 is 0 Å². The minimum Gasteiger partial charge on any atom is -0.443 e. The third-order valence-corrected chi connectivity index (χ3v) is 4.73. The number of benzene rings is 1. The van der Waals surface area contributed by atoms with Crippen LogP contribution in [0.2, 0.25) is 0 Å². The van der Waals surface area contributed by atoms with Gasteiger partial charge in [-0.3, -0.25) is 9.59 Å². The molecule has 0 spiro atoms. The quantitative estimate of drug-likeness (QED) is 0.782. The molecule has 134 valence electrons. The maximum absolute atomic E-state index is 12.7. The molecule has 0 saturated carbocycles. The summed E-state index contributed by atoms with van der Waals surface area (Å²) in [5.74, 6) is 0.0797. The summed E-state index contributed by atoms with van der Waals surface area (Å²) in [6.07, 6.45) is 5.95. The molecule has 7 nitrogen and oxygen atoms in total. The van der Waals surface area contributed by atoms with Crippen LogP contribution in [0.1, 0.15) is 22.3 Å². The molecule has 1 aliphatic heterocycles. The van der Waals surface area contributed by atoms with Gasteiger partial charge in [0.15, 0.2) is 12.0 Å². The van der Waals surface area contributed by atoms with Crippen LogP contribution in [0, 0.1) is 0 Å². The standard InChI is InChI=1S/C19H20N4O3/c24-18(11-14-2-3-16-17(10-14)26-13-21-16)22-6-1-7-23(9-8-22)19(25)15-4-5-20-12-15/h2-5,10,12-13,20H,1,6-9,11H2. The van der Waals surface area contributed by atoms with E-state index in [-0.39, 0.29) is 11.8 Å². The first-order chi connectivity index (χ1) is 12.7. The molecule has 0 bridgehead atoms. The van der Waals surface area contributed by atoms with Crippen LogP contribution in [0.3, 0.4) is 0 Å². The minimum absolute atomic E-state index is 0.0105. The second-order valence-electron chi connectivity index (χ2n) is 6.46. The number of nitrogens with zero attached hydrogens (tertiary/aromatic N) is 3. The van der Waals surface area contributed by atoms with Gasteiger partial charge in [-0.05, 0) is 30.2 Å². The number of carbonyl (C=O) groups excluding carboxylic acids is 2. The number of hydrogen-bond donors (Lipinski definition) is 1. The van der Waals surface area contributed by atoms with Gasteiger partial charge in [0, 0.05) is 38.6 Å². The normalized spacial score (nSPS) is 15.2. The van der Waals surface area contributed by atoms with Crippen LogP contribution in [-0.4, -0.2) is 57.8 Å². The predicted octanol–water partition coefficient (Wildman–Crippen LogP) is 2.07. The summed E-state index contributed by atoms with van der Waals surface area (Å²) >= 11 is 0. The zero-order chi connectivity index (χ0) is 17.9. The molecule has 2 aromatic heterocycles. The molecule has 2 amide bonds. The maximum atomic E-state index is 12.7. The van der Waals surface area contributed by atoms with E-state index in [0.717, 1.165) is 17.5 Å². The molecule has 0 radical (unpaired) electrons. The summed E-state index contributed by atoms with van der Waals surface area (Å²) in [7, 11) is 0. The molecule has 7 heteroatoms. The van der Waals surface area contributed by atoms with E-state index >= 15 is 0 Å². The molecule has 0 atom stereocenters. The zero-order valence-corrected chi connectivity index (χ0v) is 14.4. The van der Waals surface area contributed by atoms with Gasteiger partial charge in [0.05, 0.1) is 12.0 Å². The van der Waals surface area contributed by atoms with E-state index in [4.69, 9.17) is 4.42 Å². The highest BCUT2D eigenvalue weighted by atomic mass is 16.3. The second-order valence-corrected chi connectivity index (χ2v) is 6.46. The van der Waals surface area contributed by atoms with Crippen molar-refractivity contribution in [3.05, 3.63) is 54.2 Å². The van der Waals surface area contributed by atoms with Gasteiger partial charge in [-0.1, -0.05) is 6.07 Å². The van der Waals surface area contributed by atoms with Crippen molar-refractivity contribution >= 4 is 22.9 Å². The third-order valence-electron chi connectivity index (χ3n) is 4.73. The number of rotatable bonds is 3. The predicted molar refractivity (Wildman–Crippen MR) is 95.6 cm³/mol. The van der Waals surface area contributed by atoms with Crippen LogP contribution in [0.15, 0.2) is 47.5 Å². The van der Waals surface area contributed by atoms with Gasteiger partial charge in [-0.25, -0.2) is 4.98 Å². The van der Waals surface area contributed by atoms with Crippen molar-refractivity contribution < 1.29 is 14.0 Å². The van der Waals surface area contributed by atoms with Crippen molar-refractivity contribution in [1.82, 2.24) is 19.8 Å². The van der Waals surface area contributed by atoms with Crippen molar-refractivity contribution in [3.63, 3.8) is 0 Å². The summed E-state index contributed by atoms with van der Waals surface area (Å²) in [4.78, 5) is 35.8. The number of H-pyrrole nitrogens is 1. The number of aromatic amines is 1. The fourth-order valence-electron chi connectivity index (χ4n) is 3.31. The fourth-order valence-corrected chi connectivity index (χ4v) is 3.31. The highest BCUT2D eigenvalue weighted by Gasteiger charge is 2.23. The van der Waals surface area contributed by atoms with Crippen LogP contribution in [0.25, 0.3) is 11.1 Å². The Morgan fingerprint density at radius 1 is 1.12 bits per heavy atom. The Morgan fingerprint density at radius 3 is 2.81 bits per heavy atom. The summed E-state index contributed by atoms with van der Waals surface area (Å²) in [5, 5.41) is 0. The molecule has 0 unspecified atom stereocenters. The van der Waals surface area contributed by atoms with Crippen molar-refractivity contribution in [2.45, 2.75) is 12.8 Å². The third kappa shape index (κ3) is 3.33. The average molecular weight is 352 g/mol. The Bertz CT molecular complexity index is 916. The number of hydrogen-bond acceptors (Lipinski definition) is 4. The van der Waals surface area contributed by atoms with E-state index in [2.05, 4.69) is 9.97 Å². The van der Waals surface area contributed by atoms with Crippen LogP contribution in [0.4, 0.5) is 0 Å². The first-order valence-electron chi connectivity index (χ1n) is 8.73. The molecule has 1 fully saturated rings. The lowest BCUT2D eigenvalue weighted by Gasteiger charge is -2.22. The molecule has 1 aromatic carbocycles. The molecule has 3 heterocycles. The first kappa shape index (κ1) is 16.4. The number of carbonyl (C=O) groups is 2. The number of aromatic nitrogens is 2. The Balaban J connectivity index is 1.38. The van der Waals surface area contributed by atoms with Gasteiger partial charge >= 0.3 is 0 Å². The topological polar surface area (TPSA) is 82.4 Å². The zero-order valence-electron chi connectivity index (χ0n) is 14.4. The van der Waals surface area contributed by atoms with Gasteiger partial charge < -0.3 is 19.2 Å². The summed E-state index contributed by atoms with van der Waals surface area (Å²) in [6, 6.07) is 7.40. The van der Waals surface area contributed by atoms with Crippen molar-refractivity contribution in [1.29, 1.82) is 0 Å². The Kier molecular flexibility index (Phi) is 4.43. The van der Waals surface area contributed by atoms with E-state index < -0.39 is 0 Å². The van der Waals surface area contributed by atoms with E-state index in [1.807, 2.05) is 28.0 Å². The number of fused-ring (bicyclic) bond motifs is 1. The van der Waals surface area contributed by atoms with Gasteiger partial charge in [0.1, 0.15) is 5.52 Å². The van der Waals surface area contributed by atoms with Gasteiger partial charge in [-0.2, -0.15) is 0 Å². The smallest absolute Gasteiger partial charge is 0.255 e. The molecule has 1 saturated heterocycles. The van der Waals surface area contributed by atoms with Crippen molar-refractivity contribution in [2.75, 3.05) is 26.2 Å². The van der Waals surface area contributed by atoms with Gasteiger partial charge in [0.2, 0.25) is 5.91 Å². The Morgan fingerprint density at radius 2 is 1.96 bits per heavy atom. The lowest BCUT2D eigenvalue weighted by molar-refractivity contribution is -0.130. The molecule has 26 heavy (non-hydrogen) atoms. The number of nitrogens with one attached hydrogen (secondary N) is 1. The molecular formula is C19H20N4O3. The van der Waals surface area contributed by atoms with Gasteiger partial charge in [0.25, 0.3) is 5.91 Å². The molecule has 1 N–H and O–H groups in total. The van der Waals surface area contributed by atoms with Crippen molar-refractivity contribution in [2.24, 2.45) is 0 Å². The van der Waals surface area contributed by atoms with Crippen LogP contribution in [-0.2, 0) is 11.2 Å². The minimum atomic E-state index is 0.0105. The van der Waals surface area contributed by atoms with Gasteiger partial charge in [-0.15, -0.1) is 0 Å². The molecule has 0 aliphatic carbocycles. The van der Waals surface area contributed by atoms with E-state index in [1.54, 1.807) is 18.5 Å².